The van der Waals surface area contributed by atoms with Gasteiger partial charge in [-0.3, -0.25) is 0 Å². The molecule has 0 aromatic heterocycles. The molecule has 0 heteroatoms. The molecule has 0 amide bonds. The van der Waals surface area contributed by atoms with Gasteiger partial charge in [0.05, 0.1) is 0 Å². The van der Waals surface area contributed by atoms with Crippen LogP contribution >= 0.6 is 0 Å². The summed E-state index contributed by atoms with van der Waals surface area (Å²) >= 11 is 0. The van der Waals surface area contributed by atoms with E-state index < -0.39 is 0 Å². The van der Waals surface area contributed by atoms with E-state index in [4.69, 9.17) is 0 Å². The molecule has 0 aliphatic heterocycles. The predicted octanol–water partition coefficient (Wildman–Crippen LogP) is 6.94. The summed E-state index contributed by atoms with van der Waals surface area (Å²) in [7, 11) is 0. The quantitative estimate of drug-likeness (QED) is 0.526. The number of hydrogen-bond donors (Lipinski definition) is 0. The van der Waals surface area contributed by atoms with Gasteiger partial charge in [0.2, 0.25) is 0 Å². The van der Waals surface area contributed by atoms with Crippen molar-refractivity contribution in [1.29, 1.82) is 0 Å². The van der Waals surface area contributed by atoms with Gasteiger partial charge in [-0.1, -0.05) is 60.8 Å². The Kier molecular flexibility index (Phi) is 5.83. The summed E-state index contributed by atoms with van der Waals surface area (Å²) in [6.07, 6.45) is 12.0. The van der Waals surface area contributed by atoms with E-state index in [2.05, 4.69) is 41.5 Å². The molecule has 0 radical (unpaired) electrons. The van der Waals surface area contributed by atoms with Crippen LogP contribution in [-0.2, 0) is 0 Å². The zero-order valence-electron chi connectivity index (χ0n) is 15.6. The lowest BCUT2D eigenvalue weighted by Gasteiger charge is -2.54. The standard InChI is InChI=1S/C21H40/c1-15(2)18-10-11-20(19(14-18)16(3)4)21(17(5)6)12-8-7-9-13-21/h15-20H,7-14H2,1-6H3. The van der Waals surface area contributed by atoms with Crippen molar-refractivity contribution in [3.05, 3.63) is 0 Å². The van der Waals surface area contributed by atoms with Gasteiger partial charge in [-0.05, 0) is 73.0 Å². The highest BCUT2D eigenvalue weighted by Crippen LogP contribution is 2.57. The molecule has 3 atom stereocenters. The van der Waals surface area contributed by atoms with Gasteiger partial charge in [-0.2, -0.15) is 0 Å². The van der Waals surface area contributed by atoms with Gasteiger partial charge >= 0.3 is 0 Å². The summed E-state index contributed by atoms with van der Waals surface area (Å²) < 4.78 is 0. The summed E-state index contributed by atoms with van der Waals surface area (Å²) in [5.74, 6) is 5.60. The Morgan fingerprint density at radius 3 is 1.86 bits per heavy atom. The van der Waals surface area contributed by atoms with Gasteiger partial charge < -0.3 is 0 Å². The highest BCUT2D eigenvalue weighted by atomic mass is 14.5. The molecule has 0 nitrogen and oxygen atoms in total. The molecular formula is C21H40. The molecule has 2 aliphatic rings. The Morgan fingerprint density at radius 2 is 1.38 bits per heavy atom. The van der Waals surface area contributed by atoms with Crippen LogP contribution in [0.25, 0.3) is 0 Å². The van der Waals surface area contributed by atoms with E-state index >= 15 is 0 Å². The van der Waals surface area contributed by atoms with Crippen molar-refractivity contribution in [1.82, 2.24) is 0 Å². The zero-order valence-corrected chi connectivity index (χ0v) is 15.6. The van der Waals surface area contributed by atoms with Crippen molar-refractivity contribution in [2.24, 2.45) is 40.9 Å². The summed E-state index contributed by atoms with van der Waals surface area (Å²) in [4.78, 5) is 0. The second kappa shape index (κ2) is 7.05. The van der Waals surface area contributed by atoms with Gasteiger partial charge in [-0.15, -0.1) is 0 Å². The molecule has 2 saturated carbocycles. The van der Waals surface area contributed by atoms with Crippen LogP contribution in [0.2, 0.25) is 0 Å². The molecular weight excluding hydrogens is 252 g/mol. The highest BCUT2D eigenvalue weighted by molar-refractivity contribution is 4.97. The average molecular weight is 293 g/mol. The van der Waals surface area contributed by atoms with Crippen molar-refractivity contribution in [2.75, 3.05) is 0 Å². The minimum atomic E-state index is 0.676. The van der Waals surface area contributed by atoms with Gasteiger partial charge in [0.15, 0.2) is 0 Å². The van der Waals surface area contributed by atoms with E-state index in [1.807, 2.05) is 0 Å². The fraction of sp³-hybridized carbons (Fsp3) is 1.00. The fourth-order valence-corrected chi connectivity index (χ4v) is 5.88. The van der Waals surface area contributed by atoms with Crippen LogP contribution in [0.1, 0.15) is 92.9 Å². The third-order valence-corrected chi connectivity index (χ3v) is 7.41. The Morgan fingerprint density at radius 1 is 0.762 bits per heavy atom. The third kappa shape index (κ3) is 3.50. The minimum Gasteiger partial charge on any atom is -0.0625 e. The van der Waals surface area contributed by atoms with Crippen LogP contribution in [0.4, 0.5) is 0 Å². The third-order valence-electron chi connectivity index (χ3n) is 7.41. The van der Waals surface area contributed by atoms with Gasteiger partial charge in [0.25, 0.3) is 0 Å². The molecule has 21 heavy (non-hydrogen) atoms. The molecule has 2 fully saturated rings. The number of hydrogen-bond acceptors (Lipinski definition) is 0. The molecule has 0 heterocycles. The second-order valence-corrected chi connectivity index (χ2v) is 9.28. The van der Waals surface area contributed by atoms with Crippen LogP contribution in [-0.4, -0.2) is 0 Å². The smallest absolute Gasteiger partial charge is 0.0243 e. The van der Waals surface area contributed by atoms with Crippen LogP contribution < -0.4 is 0 Å². The van der Waals surface area contributed by atoms with Crippen molar-refractivity contribution in [3.8, 4) is 0 Å². The summed E-state index contributed by atoms with van der Waals surface area (Å²) in [5, 5.41) is 0. The van der Waals surface area contributed by atoms with Crippen molar-refractivity contribution in [3.63, 3.8) is 0 Å². The van der Waals surface area contributed by atoms with E-state index in [1.165, 1.54) is 51.4 Å². The van der Waals surface area contributed by atoms with Crippen LogP contribution in [0.5, 0.6) is 0 Å². The molecule has 2 rings (SSSR count). The predicted molar refractivity (Wildman–Crippen MR) is 94.4 cm³/mol. The first-order chi connectivity index (χ1) is 9.88. The van der Waals surface area contributed by atoms with Crippen molar-refractivity contribution >= 4 is 0 Å². The molecule has 0 bridgehead atoms. The normalized spacial score (nSPS) is 33.9. The molecule has 0 aromatic rings. The van der Waals surface area contributed by atoms with Crippen molar-refractivity contribution < 1.29 is 0 Å². The van der Waals surface area contributed by atoms with E-state index in [0.717, 1.165) is 35.5 Å². The first-order valence-corrected chi connectivity index (χ1v) is 9.88. The van der Waals surface area contributed by atoms with E-state index in [0.29, 0.717) is 5.41 Å². The van der Waals surface area contributed by atoms with Gasteiger partial charge in [0, 0.05) is 0 Å². The Hall–Kier alpha value is 0. The van der Waals surface area contributed by atoms with Crippen LogP contribution in [0.15, 0.2) is 0 Å². The minimum absolute atomic E-state index is 0.676. The lowest BCUT2D eigenvalue weighted by Crippen LogP contribution is -2.45. The van der Waals surface area contributed by atoms with E-state index in [9.17, 15) is 0 Å². The maximum absolute atomic E-state index is 2.53. The zero-order chi connectivity index (χ0) is 15.6. The summed E-state index contributed by atoms with van der Waals surface area (Å²) in [6, 6.07) is 0. The van der Waals surface area contributed by atoms with E-state index in [1.54, 1.807) is 0 Å². The second-order valence-electron chi connectivity index (χ2n) is 9.28. The monoisotopic (exact) mass is 292 g/mol. The first-order valence-electron chi connectivity index (χ1n) is 9.88. The fourth-order valence-electron chi connectivity index (χ4n) is 5.88. The SMILES string of the molecule is CC(C)C1CCC(C2(C(C)C)CCCCC2)C(C(C)C)C1. The summed E-state index contributed by atoms with van der Waals surface area (Å²) in [6.45, 7) is 14.9. The maximum Gasteiger partial charge on any atom is -0.0243 e. The van der Waals surface area contributed by atoms with Gasteiger partial charge in [-0.25, -0.2) is 0 Å². The highest BCUT2D eigenvalue weighted by Gasteiger charge is 2.48. The van der Waals surface area contributed by atoms with E-state index in [-0.39, 0.29) is 0 Å². The molecule has 0 N–H and O–H groups in total. The Bertz CT molecular complexity index is 306. The van der Waals surface area contributed by atoms with Crippen molar-refractivity contribution in [2.45, 2.75) is 92.9 Å². The molecule has 2 aliphatic carbocycles. The molecule has 124 valence electrons. The van der Waals surface area contributed by atoms with Crippen LogP contribution in [0.3, 0.4) is 0 Å². The number of rotatable bonds is 4. The molecule has 3 unspecified atom stereocenters. The Labute approximate surface area is 134 Å². The molecule has 0 aromatic carbocycles. The average Bonchev–Trinajstić information content (AvgIpc) is 2.47. The lowest BCUT2D eigenvalue weighted by atomic mass is 9.51. The lowest BCUT2D eigenvalue weighted by molar-refractivity contribution is -0.0448. The molecule has 0 saturated heterocycles. The van der Waals surface area contributed by atoms with Gasteiger partial charge in [0.1, 0.15) is 0 Å². The molecule has 0 spiro atoms. The maximum atomic E-state index is 2.53. The Balaban J connectivity index is 2.22. The summed E-state index contributed by atoms with van der Waals surface area (Å²) in [5.41, 5.74) is 0.676. The first kappa shape index (κ1) is 17.4. The van der Waals surface area contributed by atoms with Crippen LogP contribution in [0, 0.1) is 40.9 Å². The topological polar surface area (TPSA) is 0 Å². The largest absolute Gasteiger partial charge is 0.0625 e.